The number of fused-ring (bicyclic) bond motifs is 4. The summed E-state index contributed by atoms with van der Waals surface area (Å²) in [6.45, 7) is 4.56. The molecule has 0 fully saturated rings. The number of likely N-dealkylation sites (N-methyl/N-ethyl adjacent to an activating group) is 1. The van der Waals surface area contributed by atoms with E-state index < -0.39 is 0 Å². The van der Waals surface area contributed by atoms with Crippen LogP contribution in [0.4, 0.5) is 0 Å². The van der Waals surface area contributed by atoms with Gasteiger partial charge in [-0.1, -0.05) is 43.3 Å². The van der Waals surface area contributed by atoms with Crippen molar-refractivity contribution < 1.29 is 9.47 Å². The number of hydrogen-bond acceptors (Lipinski definition) is 3. The summed E-state index contributed by atoms with van der Waals surface area (Å²) in [5.74, 6) is 1.81. The maximum atomic E-state index is 5.77. The first kappa shape index (κ1) is 14.3. The van der Waals surface area contributed by atoms with Crippen LogP contribution in [0.2, 0.25) is 0 Å². The van der Waals surface area contributed by atoms with Gasteiger partial charge in [0.1, 0.15) is 0 Å². The van der Waals surface area contributed by atoms with Gasteiger partial charge in [-0.2, -0.15) is 0 Å². The molecule has 0 amide bonds. The maximum absolute atomic E-state index is 5.77. The molecule has 118 valence electrons. The predicted molar refractivity (Wildman–Crippen MR) is 94.5 cm³/mol. The summed E-state index contributed by atoms with van der Waals surface area (Å²) in [7, 11) is 2.15. The zero-order valence-corrected chi connectivity index (χ0v) is 13.6. The molecule has 0 aromatic heterocycles. The average molecular weight is 307 g/mol. The zero-order chi connectivity index (χ0) is 15.8. The number of ether oxygens (including phenoxy) is 2. The van der Waals surface area contributed by atoms with Crippen molar-refractivity contribution >= 4 is 21.5 Å². The summed E-state index contributed by atoms with van der Waals surface area (Å²) in [5, 5.41) is 5.06. The molecule has 0 atom stereocenters. The Morgan fingerprint density at radius 1 is 1.00 bits per heavy atom. The van der Waals surface area contributed by atoms with E-state index in [9.17, 15) is 0 Å². The van der Waals surface area contributed by atoms with Crippen molar-refractivity contribution in [3.05, 3.63) is 48.0 Å². The third kappa shape index (κ3) is 2.41. The number of benzene rings is 3. The quantitative estimate of drug-likeness (QED) is 0.674. The van der Waals surface area contributed by atoms with Crippen molar-refractivity contribution in [1.29, 1.82) is 0 Å². The van der Waals surface area contributed by atoms with Crippen LogP contribution in [0.15, 0.2) is 42.5 Å². The van der Waals surface area contributed by atoms with Crippen LogP contribution in [0, 0.1) is 0 Å². The molecule has 0 aliphatic carbocycles. The molecule has 3 aromatic rings. The van der Waals surface area contributed by atoms with Crippen molar-refractivity contribution in [3.63, 3.8) is 0 Å². The molecule has 0 spiro atoms. The number of nitrogens with zero attached hydrogens (tertiary/aromatic N) is 1. The lowest BCUT2D eigenvalue weighted by molar-refractivity contribution is 0.173. The molecule has 0 unspecified atom stereocenters. The Morgan fingerprint density at radius 2 is 1.87 bits per heavy atom. The van der Waals surface area contributed by atoms with Gasteiger partial charge in [-0.15, -0.1) is 0 Å². The first-order chi connectivity index (χ1) is 11.3. The van der Waals surface area contributed by atoms with Gasteiger partial charge < -0.3 is 14.4 Å². The summed E-state index contributed by atoms with van der Waals surface area (Å²) in [6, 6.07) is 15.1. The number of hydrogen-bond donors (Lipinski definition) is 0. The van der Waals surface area contributed by atoms with Gasteiger partial charge in [0.05, 0.1) is 0 Å². The highest BCUT2D eigenvalue weighted by Gasteiger charge is 2.21. The normalized spacial score (nSPS) is 13.3. The second kappa shape index (κ2) is 5.74. The SMILES string of the molecule is CCN(C)CCc1c2c(cc3c1ccc1ccccc13)OCO2. The topological polar surface area (TPSA) is 21.7 Å². The summed E-state index contributed by atoms with van der Waals surface area (Å²) in [4.78, 5) is 2.32. The Morgan fingerprint density at radius 3 is 2.74 bits per heavy atom. The molecular formula is C20H21NO2. The fourth-order valence-electron chi connectivity index (χ4n) is 3.31. The third-order valence-corrected chi connectivity index (χ3v) is 4.77. The molecule has 1 aliphatic heterocycles. The van der Waals surface area contributed by atoms with E-state index in [1.165, 1.54) is 27.1 Å². The van der Waals surface area contributed by atoms with Crippen LogP contribution in [-0.4, -0.2) is 31.8 Å². The monoisotopic (exact) mass is 307 g/mol. The molecule has 3 aromatic carbocycles. The van der Waals surface area contributed by atoms with E-state index in [0.717, 1.165) is 31.0 Å². The van der Waals surface area contributed by atoms with E-state index in [0.29, 0.717) is 6.79 Å². The first-order valence-electron chi connectivity index (χ1n) is 8.19. The van der Waals surface area contributed by atoms with E-state index in [-0.39, 0.29) is 0 Å². The molecule has 4 rings (SSSR count). The molecule has 1 aliphatic rings. The van der Waals surface area contributed by atoms with Gasteiger partial charge in [0.2, 0.25) is 6.79 Å². The van der Waals surface area contributed by atoms with Crippen molar-refractivity contribution in [2.24, 2.45) is 0 Å². The molecule has 0 saturated heterocycles. The highest BCUT2D eigenvalue weighted by Crippen LogP contribution is 2.43. The van der Waals surface area contributed by atoms with E-state index in [2.05, 4.69) is 61.3 Å². The van der Waals surface area contributed by atoms with Crippen molar-refractivity contribution in [1.82, 2.24) is 4.90 Å². The van der Waals surface area contributed by atoms with Crippen LogP contribution in [0.3, 0.4) is 0 Å². The minimum atomic E-state index is 0.320. The fourth-order valence-corrected chi connectivity index (χ4v) is 3.31. The van der Waals surface area contributed by atoms with Gasteiger partial charge >= 0.3 is 0 Å². The van der Waals surface area contributed by atoms with E-state index in [4.69, 9.17) is 9.47 Å². The molecule has 0 radical (unpaired) electrons. The highest BCUT2D eigenvalue weighted by atomic mass is 16.7. The van der Waals surface area contributed by atoms with Gasteiger partial charge in [0.15, 0.2) is 11.5 Å². The third-order valence-electron chi connectivity index (χ3n) is 4.77. The Hall–Kier alpha value is -2.26. The average Bonchev–Trinajstić information content (AvgIpc) is 3.06. The minimum absolute atomic E-state index is 0.320. The summed E-state index contributed by atoms with van der Waals surface area (Å²) < 4.78 is 11.5. The molecule has 3 nitrogen and oxygen atoms in total. The molecule has 1 heterocycles. The van der Waals surface area contributed by atoms with Gasteiger partial charge in [0.25, 0.3) is 0 Å². The second-order valence-electron chi connectivity index (χ2n) is 6.12. The Balaban J connectivity index is 1.93. The lowest BCUT2D eigenvalue weighted by Gasteiger charge is -2.16. The molecule has 0 N–H and O–H groups in total. The first-order valence-corrected chi connectivity index (χ1v) is 8.19. The Kier molecular flexibility index (Phi) is 3.58. The smallest absolute Gasteiger partial charge is 0.231 e. The van der Waals surface area contributed by atoms with Gasteiger partial charge in [0, 0.05) is 12.1 Å². The summed E-state index contributed by atoms with van der Waals surface area (Å²) in [5.41, 5.74) is 1.26. The second-order valence-corrected chi connectivity index (χ2v) is 6.12. The van der Waals surface area contributed by atoms with Gasteiger partial charge in [-0.3, -0.25) is 0 Å². The predicted octanol–water partition coefficient (Wildman–Crippen LogP) is 4.22. The van der Waals surface area contributed by atoms with Crippen LogP contribution >= 0.6 is 0 Å². The van der Waals surface area contributed by atoms with E-state index >= 15 is 0 Å². The van der Waals surface area contributed by atoms with E-state index in [1.54, 1.807) is 0 Å². The van der Waals surface area contributed by atoms with Gasteiger partial charge in [-0.05, 0) is 47.6 Å². The Bertz CT molecular complexity index is 872. The number of rotatable bonds is 4. The van der Waals surface area contributed by atoms with Crippen molar-refractivity contribution in [2.75, 3.05) is 26.9 Å². The van der Waals surface area contributed by atoms with Crippen LogP contribution in [0.25, 0.3) is 21.5 Å². The van der Waals surface area contributed by atoms with Crippen LogP contribution in [-0.2, 0) is 6.42 Å². The minimum Gasteiger partial charge on any atom is -0.454 e. The molecule has 0 bridgehead atoms. The summed E-state index contributed by atoms with van der Waals surface area (Å²) in [6.07, 6.45) is 0.964. The van der Waals surface area contributed by atoms with Gasteiger partial charge in [-0.25, -0.2) is 0 Å². The van der Waals surface area contributed by atoms with Crippen LogP contribution in [0.1, 0.15) is 12.5 Å². The highest BCUT2D eigenvalue weighted by molar-refractivity contribution is 6.09. The van der Waals surface area contributed by atoms with Crippen LogP contribution < -0.4 is 9.47 Å². The standard InChI is InChI=1S/C20H21NO2/c1-3-21(2)11-10-17-16-9-8-14-6-4-5-7-15(14)18(16)12-19-20(17)23-13-22-19/h4-9,12H,3,10-11,13H2,1-2H3. The lowest BCUT2D eigenvalue weighted by atomic mass is 9.95. The Labute approximate surface area is 136 Å². The van der Waals surface area contributed by atoms with Crippen LogP contribution in [0.5, 0.6) is 11.5 Å². The molecule has 23 heavy (non-hydrogen) atoms. The van der Waals surface area contributed by atoms with Crippen molar-refractivity contribution in [2.45, 2.75) is 13.3 Å². The van der Waals surface area contributed by atoms with E-state index in [1.807, 2.05) is 0 Å². The fraction of sp³-hybridized carbons (Fsp3) is 0.300. The molecule has 0 saturated carbocycles. The molecule has 3 heteroatoms. The van der Waals surface area contributed by atoms with Crippen molar-refractivity contribution in [3.8, 4) is 11.5 Å². The summed E-state index contributed by atoms with van der Waals surface area (Å²) >= 11 is 0. The zero-order valence-electron chi connectivity index (χ0n) is 13.6. The lowest BCUT2D eigenvalue weighted by Crippen LogP contribution is -2.20. The molecular weight excluding hydrogens is 286 g/mol. The maximum Gasteiger partial charge on any atom is 0.231 e. The largest absolute Gasteiger partial charge is 0.454 e.